The molecule has 0 saturated carbocycles. The number of nitrogens with zero attached hydrogens (tertiary/aromatic N) is 1. The summed E-state index contributed by atoms with van der Waals surface area (Å²) >= 11 is 3.25. The maximum Gasteiger partial charge on any atom is 0.241 e. The summed E-state index contributed by atoms with van der Waals surface area (Å²) in [5.41, 5.74) is 0. The van der Waals surface area contributed by atoms with Crippen molar-refractivity contribution in [1.29, 1.82) is 0 Å². The van der Waals surface area contributed by atoms with E-state index in [1.807, 2.05) is 0 Å². The van der Waals surface area contributed by atoms with Crippen molar-refractivity contribution in [3.05, 3.63) is 28.7 Å². The lowest BCUT2D eigenvalue weighted by Crippen LogP contribution is -2.49. The second kappa shape index (κ2) is 6.69. The molecule has 0 bridgehead atoms. The number of likely N-dealkylation sites (N-methyl/N-ethyl adjacent to an activating group) is 1. The lowest BCUT2D eigenvalue weighted by atomic mass is 10.0. The molecule has 0 radical (unpaired) electrons. The van der Waals surface area contributed by atoms with Gasteiger partial charge in [-0.05, 0) is 30.2 Å². The van der Waals surface area contributed by atoms with E-state index in [0.29, 0.717) is 0 Å². The number of benzene rings is 1. The molecule has 0 aromatic heterocycles. The molecule has 1 rings (SSSR count). The van der Waals surface area contributed by atoms with Crippen molar-refractivity contribution >= 4 is 31.9 Å². The molecule has 0 aliphatic heterocycles. The summed E-state index contributed by atoms with van der Waals surface area (Å²) in [4.78, 5) is 13.6. The quantitative estimate of drug-likeness (QED) is 0.868. The van der Waals surface area contributed by atoms with Crippen molar-refractivity contribution in [2.24, 2.45) is 5.92 Å². The first kappa shape index (κ1) is 17.1. The Kier molecular flexibility index (Phi) is 5.73. The lowest BCUT2D eigenvalue weighted by Gasteiger charge is -2.24. The third kappa shape index (κ3) is 4.29. The van der Waals surface area contributed by atoms with Crippen LogP contribution in [0.1, 0.15) is 13.8 Å². The minimum atomic E-state index is -3.72. The first-order valence-electron chi connectivity index (χ1n) is 6.14. The third-order valence-electron chi connectivity index (χ3n) is 2.78. The van der Waals surface area contributed by atoms with E-state index in [9.17, 15) is 13.2 Å². The average molecular weight is 363 g/mol. The molecule has 112 valence electrons. The molecular formula is C13H19BrN2O3S. The molecule has 1 amide bonds. The zero-order chi connectivity index (χ0) is 15.5. The van der Waals surface area contributed by atoms with Gasteiger partial charge in [0.15, 0.2) is 0 Å². The first-order chi connectivity index (χ1) is 9.15. The van der Waals surface area contributed by atoms with Crippen molar-refractivity contribution < 1.29 is 13.2 Å². The molecule has 1 aromatic carbocycles. The van der Waals surface area contributed by atoms with E-state index < -0.39 is 16.1 Å². The lowest BCUT2D eigenvalue weighted by molar-refractivity contribution is -0.131. The van der Waals surface area contributed by atoms with Gasteiger partial charge in [0.05, 0.1) is 4.90 Å². The molecule has 0 spiro atoms. The zero-order valence-electron chi connectivity index (χ0n) is 11.9. The molecule has 0 unspecified atom stereocenters. The molecule has 1 N–H and O–H groups in total. The van der Waals surface area contributed by atoms with E-state index in [4.69, 9.17) is 0 Å². The van der Waals surface area contributed by atoms with Crippen molar-refractivity contribution in [2.75, 3.05) is 14.1 Å². The average Bonchev–Trinajstić information content (AvgIpc) is 2.35. The number of halogens is 1. The smallest absolute Gasteiger partial charge is 0.241 e. The normalized spacial score (nSPS) is 13.3. The van der Waals surface area contributed by atoms with Gasteiger partial charge in [-0.1, -0.05) is 29.8 Å². The van der Waals surface area contributed by atoms with Crippen molar-refractivity contribution in [3.8, 4) is 0 Å². The second-order valence-electron chi connectivity index (χ2n) is 5.03. The Morgan fingerprint density at radius 2 is 1.70 bits per heavy atom. The highest BCUT2D eigenvalue weighted by Crippen LogP contribution is 2.16. The molecule has 0 heterocycles. The van der Waals surface area contributed by atoms with Crippen LogP contribution in [0.3, 0.4) is 0 Å². The van der Waals surface area contributed by atoms with E-state index in [-0.39, 0.29) is 16.7 Å². The summed E-state index contributed by atoms with van der Waals surface area (Å²) in [6, 6.07) is 5.49. The van der Waals surface area contributed by atoms with Crippen molar-refractivity contribution in [3.63, 3.8) is 0 Å². The number of sulfonamides is 1. The standard InChI is InChI=1S/C13H19BrN2O3S/c1-9(2)12(13(17)16(3)4)15-20(18,19)11-7-5-10(14)6-8-11/h5-9,12,15H,1-4H3/t12-/m1/s1. The topological polar surface area (TPSA) is 66.5 Å². The highest BCUT2D eigenvalue weighted by atomic mass is 79.9. The summed E-state index contributed by atoms with van der Waals surface area (Å²) in [7, 11) is -0.513. The van der Waals surface area contributed by atoms with Crippen LogP contribution in [0.25, 0.3) is 0 Å². The van der Waals surface area contributed by atoms with E-state index >= 15 is 0 Å². The number of rotatable bonds is 5. The minimum absolute atomic E-state index is 0.137. The fourth-order valence-electron chi connectivity index (χ4n) is 1.60. The fraction of sp³-hybridized carbons (Fsp3) is 0.462. The van der Waals surface area contributed by atoms with Crippen LogP contribution in [0.15, 0.2) is 33.6 Å². The molecule has 5 nitrogen and oxygen atoms in total. The van der Waals surface area contributed by atoms with Crippen LogP contribution in [-0.4, -0.2) is 39.4 Å². The Balaban J connectivity index is 3.03. The van der Waals surface area contributed by atoms with Gasteiger partial charge in [-0.15, -0.1) is 0 Å². The van der Waals surface area contributed by atoms with Crippen LogP contribution in [0.5, 0.6) is 0 Å². The number of carbonyl (C=O) groups excluding carboxylic acids is 1. The number of hydrogen-bond acceptors (Lipinski definition) is 3. The highest BCUT2D eigenvalue weighted by Gasteiger charge is 2.29. The molecule has 20 heavy (non-hydrogen) atoms. The van der Waals surface area contributed by atoms with Crippen molar-refractivity contribution in [2.45, 2.75) is 24.8 Å². The summed E-state index contributed by atoms with van der Waals surface area (Å²) in [6.07, 6.45) is 0. The predicted octanol–water partition coefficient (Wildman–Crippen LogP) is 1.84. The van der Waals surface area contributed by atoms with Crippen LogP contribution in [0.2, 0.25) is 0 Å². The molecule has 0 saturated heterocycles. The number of hydrogen-bond donors (Lipinski definition) is 1. The molecule has 7 heteroatoms. The zero-order valence-corrected chi connectivity index (χ0v) is 14.3. The Labute approximate surface area is 128 Å². The second-order valence-corrected chi connectivity index (χ2v) is 7.66. The van der Waals surface area contributed by atoms with Gasteiger partial charge in [0.2, 0.25) is 15.9 Å². The van der Waals surface area contributed by atoms with Gasteiger partial charge < -0.3 is 4.90 Å². The third-order valence-corrected chi connectivity index (χ3v) is 4.77. The number of carbonyl (C=O) groups is 1. The van der Waals surface area contributed by atoms with Crippen LogP contribution in [0.4, 0.5) is 0 Å². The molecule has 0 aliphatic carbocycles. The van der Waals surface area contributed by atoms with E-state index in [2.05, 4.69) is 20.7 Å². The van der Waals surface area contributed by atoms with Crippen LogP contribution < -0.4 is 4.72 Å². The Morgan fingerprint density at radius 3 is 2.10 bits per heavy atom. The Hall–Kier alpha value is -0.920. The summed E-state index contributed by atoms with van der Waals surface area (Å²) in [5.74, 6) is -0.407. The molecule has 1 aromatic rings. The van der Waals surface area contributed by atoms with Crippen LogP contribution >= 0.6 is 15.9 Å². The highest BCUT2D eigenvalue weighted by molar-refractivity contribution is 9.10. The molecular weight excluding hydrogens is 344 g/mol. The summed E-state index contributed by atoms with van der Waals surface area (Å²) < 4.78 is 27.8. The van der Waals surface area contributed by atoms with Gasteiger partial charge in [-0.3, -0.25) is 4.79 Å². The maximum atomic E-state index is 12.3. The van der Waals surface area contributed by atoms with Gasteiger partial charge in [-0.25, -0.2) is 8.42 Å². The maximum absolute atomic E-state index is 12.3. The summed E-state index contributed by atoms with van der Waals surface area (Å²) in [6.45, 7) is 3.60. The predicted molar refractivity (Wildman–Crippen MR) is 81.8 cm³/mol. The Morgan fingerprint density at radius 1 is 1.20 bits per heavy atom. The van der Waals surface area contributed by atoms with Gasteiger partial charge >= 0.3 is 0 Å². The van der Waals surface area contributed by atoms with E-state index in [1.54, 1.807) is 40.1 Å². The largest absolute Gasteiger partial charge is 0.347 e. The van der Waals surface area contributed by atoms with Gasteiger partial charge in [0, 0.05) is 18.6 Å². The van der Waals surface area contributed by atoms with Crippen LogP contribution in [-0.2, 0) is 14.8 Å². The SMILES string of the molecule is CC(C)[C@@H](NS(=O)(=O)c1ccc(Br)cc1)C(=O)N(C)C. The molecule has 0 aliphatic rings. The fourth-order valence-corrected chi connectivity index (χ4v) is 3.20. The first-order valence-corrected chi connectivity index (χ1v) is 8.42. The number of nitrogens with one attached hydrogen (secondary N) is 1. The minimum Gasteiger partial charge on any atom is -0.347 e. The van der Waals surface area contributed by atoms with Gasteiger partial charge in [0.25, 0.3) is 0 Å². The van der Waals surface area contributed by atoms with E-state index in [1.165, 1.54) is 17.0 Å². The van der Waals surface area contributed by atoms with Crippen LogP contribution in [0, 0.1) is 5.92 Å². The Bertz CT molecular complexity index is 568. The van der Waals surface area contributed by atoms with Gasteiger partial charge in [0.1, 0.15) is 6.04 Å². The number of amides is 1. The van der Waals surface area contributed by atoms with E-state index in [0.717, 1.165) is 4.47 Å². The molecule has 1 atom stereocenters. The monoisotopic (exact) mass is 362 g/mol. The molecule has 0 fully saturated rings. The van der Waals surface area contributed by atoms with Gasteiger partial charge in [-0.2, -0.15) is 4.72 Å². The van der Waals surface area contributed by atoms with Crippen molar-refractivity contribution in [1.82, 2.24) is 9.62 Å². The summed E-state index contributed by atoms with van der Waals surface area (Å²) in [5, 5.41) is 0.